The fraction of sp³-hybridized carbons (Fsp3) is 0.364. The van der Waals surface area contributed by atoms with Crippen molar-refractivity contribution in [1.82, 2.24) is 10.2 Å². The number of hydrogen-bond donors (Lipinski definition) is 2. The van der Waals surface area contributed by atoms with Gasteiger partial charge in [-0.3, -0.25) is 4.79 Å². The summed E-state index contributed by atoms with van der Waals surface area (Å²) in [6.07, 6.45) is 1.21. The molecule has 8 nitrogen and oxygen atoms in total. The Balaban J connectivity index is 1.27. The summed E-state index contributed by atoms with van der Waals surface area (Å²) in [5.74, 6) is 1.20. The lowest BCUT2D eigenvalue weighted by Gasteiger charge is -2.51. The van der Waals surface area contributed by atoms with E-state index in [-0.39, 0.29) is 11.9 Å². The van der Waals surface area contributed by atoms with E-state index in [1.807, 2.05) is 13.1 Å². The lowest BCUT2D eigenvalue weighted by atomic mass is 9.90. The molecular formula is C22H23ClN4O4. The molecule has 3 amide bonds. The molecule has 0 atom stereocenters. The van der Waals surface area contributed by atoms with Gasteiger partial charge in [0.15, 0.2) is 11.5 Å². The third kappa shape index (κ3) is 3.50. The fourth-order valence-electron chi connectivity index (χ4n) is 4.43. The van der Waals surface area contributed by atoms with Crippen LogP contribution in [0.15, 0.2) is 36.4 Å². The van der Waals surface area contributed by atoms with E-state index in [9.17, 15) is 9.59 Å². The first kappa shape index (κ1) is 19.8. The molecule has 3 heterocycles. The van der Waals surface area contributed by atoms with Crippen molar-refractivity contribution in [2.24, 2.45) is 0 Å². The summed E-state index contributed by atoms with van der Waals surface area (Å²) in [6, 6.07) is 10.5. The van der Waals surface area contributed by atoms with Crippen molar-refractivity contribution in [2.45, 2.75) is 18.5 Å². The number of nitrogens with zero attached hydrogens (tertiary/aromatic N) is 2. The quantitative estimate of drug-likeness (QED) is 0.708. The highest BCUT2D eigenvalue weighted by molar-refractivity contribution is 6.31. The third-order valence-electron chi connectivity index (χ3n) is 6.23. The van der Waals surface area contributed by atoms with Crippen molar-refractivity contribution < 1.29 is 19.1 Å². The second kappa shape index (κ2) is 7.53. The minimum Gasteiger partial charge on any atom is -0.486 e. The number of halogens is 1. The molecule has 0 radical (unpaired) electrons. The molecule has 3 aliphatic heterocycles. The SMILES string of the molecule is CN1c2cc(Cl)ccc2C(=O)NC12CCN(C(=O)Nc1ccc3c(c1)OCCO3)CC2. The number of piperidine rings is 1. The number of hydrogen-bond acceptors (Lipinski definition) is 5. The van der Waals surface area contributed by atoms with E-state index in [1.165, 1.54) is 0 Å². The zero-order valence-corrected chi connectivity index (χ0v) is 17.9. The largest absolute Gasteiger partial charge is 0.486 e. The maximum atomic E-state index is 12.8. The summed E-state index contributed by atoms with van der Waals surface area (Å²) < 4.78 is 11.1. The maximum Gasteiger partial charge on any atom is 0.321 e. The van der Waals surface area contributed by atoms with E-state index in [1.54, 1.807) is 35.2 Å². The van der Waals surface area contributed by atoms with Gasteiger partial charge in [0.2, 0.25) is 0 Å². The molecule has 162 valence electrons. The van der Waals surface area contributed by atoms with Gasteiger partial charge >= 0.3 is 6.03 Å². The minimum absolute atomic E-state index is 0.112. The average Bonchev–Trinajstić information content (AvgIpc) is 2.78. The van der Waals surface area contributed by atoms with Crippen LogP contribution < -0.4 is 25.0 Å². The van der Waals surface area contributed by atoms with Crippen LogP contribution in [-0.2, 0) is 0 Å². The summed E-state index contributed by atoms with van der Waals surface area (Å²) in [5.41, 5.74) is 1.53. The van der Waals surface area contributed by atoms with Gasteiger partial charge < -0.3 is 29.9 Å². The zero-order chi connectivity index (χ0) is 21.6. The molecule has 1 spiro atoms. The molecule has 1 saturated heterocycles. The Morgan fingerprint density at radius 1 is 1.10 bits per heavy atom. The van der Waals surface area contributed by atoms with Crippen molar-refractivity contribution in [3.63, 3.8) is 0 Å². The standard InChI is InChI=1S/C22H23ClN4O4/c1-26-17-12-14(23)2-4-16(17)20(28)25-22(26)6-8-27(9-7-22)21(29)24-15-3-5-18-19(13-15)31-11-10-30-18/h2-5,12-13H,6-11H2,1H3,(H,24,29)(H,25,28). The van der Waals surface area contributed by atoms with Crippen molar-refractivity contribution in [3.8, 4) is 11.5 Å². The second-order valence-corrected chi connectivity index (χ2v) is 8.42. The summed E-state index contributed by atoms with van der Waals surface area (Å²) in [5, 5.41) is 6.67. The molecule has 2 aromatic rings. The van der Waals surface area contributed by atoms with Gasteiger partial charge in [0, 0.05) is 49.8 Å². The molecule has 9 heteroatoms. The lowest BCUT2D eigenvalue weighted by Crippen LogP contribution is -2.67. The number of benzene rings is 2. The molecule has 0 aromatic heterocycles. The fourth-order valence-corrected chi connectivity index (χ4v) is 4.60. The summed E-state index contributed by atoms with van der Waals surface area (Å²) >= 11 is 6.17. The second-order valence-electron chi connectivity index (χ2n) is 7.98. The first-order chi connectivity index (χ1) is 14.9. The third-order valence-corrected chi connectivity index (χ3v) is 6.46. The summed E-state index contributed by atoms with van der Waals surface area (Å²) in [6.45, 7) is 2.04. The molecule has 0 unspecified atom stereocenters. The van der Waals surface area contributed by atoms with Crippen molar-refractivity contribution in [3.05, 3.63) is 47.0 Å². The number of nitrogens with one attached hydrogen (secondary N) is 2. The molecular weight excluding hydrogens is 420 g/mol. The molecule has 0 saturated carbocycles. The Morgan fingerprint density at radius 2 is 1.84 bits per heavy atom. The van der Waals surface area contributed by atoms with E-state index in [0.717, 1.165) is 5.69 Å². The molecule has 0 aliphatic carbocycles. The number of amides is 3. The van der Waals surface area contributed by atoms with Crippen LogP contribution in [0.3, 0.4) is 0 Å². The summed E-state index contributed by atoms with van der Waals surface area (Å²) in [4.78, 5) is 29.3. The van der Waals surface area contributed by atoms with Crippen LogP contribution >= 0.6 is 11.6 Å². The van der Waals surface area contributed by atoms with Crippen LogP contribution in [0.5, 0.6) is 11.5 Å². The molecule has 1 fully saturated rings. The maximum absolute atomic E-state index is 12.8. The van der Waals surface area contributed by atoms with Gasteiger partial charge in [-0.15, -0.1) is 0 Å². The van der Waals surface area contributed by atoms with Gasteiger partial charge in [0.1, 0.15) is 18.9 Å². The van der Waals surface area contributed by atoms with Crippen LogP contribution in [0.2, 0.25) is 5.02 Å². The predicted molar refractivity (Wildman–Crippen MR) is 117 cm³/mol. The molecule has 31 heavy (non-hydrogen) atoms. The van der Waals surface area contributed by atoms with Crippen LogP contribution in [0.25, 0.3) is 0 Å². The van der Waals surface area contributed by atoms with Gasteiger partial charge in [0.25, 0.3) is 5.91 Å². The lowest BCUT2D eigenvalue weighted by molar-refractivity contribution is 0.0815. The Bertz CT molecular complexity index is 1050. The number of fused-ring (bicyclic) bond motifs is 2. The highest BCUT2D eigenvalue weighted by Gasteiger charge is 2.44. The number of anilines is 2. The molecule has 5 rings (SSSR count). The Morgan fingerprint density at radius 3 is 2.61 bits per heavy atom. The Kier molecular flexibility index (Phi) is 4.81. The van der Waals surface area contributed by atoms with E-state index >= 15 is 0 Å². The van der Waals surface area contributed by atoms with Crippen molar-refractivity contribution in [1.29, 1.82) is 0 Å². The Labute approximate surface area is 185 Å². The summed E-state index contributed by atoms with van der Waals surface area (Å²) in [7, 11) is 1.96. The van der Waals surface area contributed by atoms with Gasteiger partial charge in [-0.2, -0.15) is 0 Å². The van der Waals surface area contributed by atoms with Crippen molar-refractivity contribution >= 4 is 34.9 Å². The van der Waals surface area contributed by atoms with E-state index in [2.05, 4.69) is 15.5 Å². The van der Waals surface area contributed by atoms with Gasteiger partial charge in [-0.1, -0.05) is 11.6 Å². The number of ether oxygens (including phenoxy) is 2. The number of urea groups is 1. The predicted octanol–water partition coefficient (Wildman–Crippen LogP) is 3.32. The van der Waals surface area contributed by atoms with Gasteiger partial charge in [-0.05, 0) is 30.3 Å². The van der Waals surface area contributed by atoms with Crippen LogP contribution in [0, 0.1) is 0 Å². The number of carbonyl (C=O) groups excluding carboxylic acids is 2. The topological polar surface area (TPSA) is 83.1 Å². The smallest absolute Gasteiger partial charge is 0.321 e. The normalized spacial score (nSPS) is 19.0. The van der Waals surface area contributed by atoms with Crippen LogP contribution in [0.4, 0.5) is 16.2 Å². The number of rotatable bonds is 1. The van der Waals surface area contributed by atoms with Crippen molar-refractivity contribution in [2.75, 3.05) is 43.6 Å². The zero-order valence-electron chi connectivity index (χ0n) is 17.1. The number of likely N-dealkylation sites (tertiary alicyclic amines) is 1. The highest BCUT2D eigenvalue weighted by atomic mass is 35.5. The van der Waals surface area contributed by atoms with E-state index in [0.29, 0.717) is 66.9 Å². The molecule has 2 N–H and O–H groups in total. The molecule has 2 aromatic carbocycles. The van der Waals surface area contributed by atoms with Crippen LogP contribution in [0.1, 0.15) is 23.2 Å². The first-order valence-electron chi connectivity index (χ1n) is 10.3. The Hall–Kier alpha value is -3.13. The van der Waals surface area contributed by atoms with Gasteiger partial charge in [-0.25, -0.2) is 4.79 Å². The first-order valence-corrected chi connectivity index (χ1v) is 10.6. The number of carbonyl (C=O) groups is 2. The van der Waals surface area contributed by atoms with Crippen LogP contribution in [-0.4, -0.2) is 55.9 Å². The highest BCUT2D eigenvalue weighted by Crippen LogP contribution is 2.38. The minimum atomic E-state index is -0.539. The van der Waals surface area contributed by atoms with Gasteiger partial charge in [0.05, 0.1) is 11.3 Å². The average molecular weight is 443 g/mol. The van der Waals surface area contributed by atoms with E-state index in [4.69, 9.17) is 21.1 Å². The molecule has 3 aliphatic rings. The monoisotopic (exact) mass is 442 g/mol. The molecule has 0 bridgehead atoms. The van der Waals surface area contributed by atoms with E-state index < -0.39 is 5.66 Å².